The molecule has 2 bridgehead atoms. The number of ether oxygens (including phenoxy) is 1. The molecule has 0 heterocycles. The lowest BCUT2D eigenvalue weighted by Crippen LogP contribution is -2.60. The number of hydrogen-bond donors (Lipinski definition) is 0. The summed E-state index contributed by atoms with van der Waals surface area (Å²) in [6.07, 6.45) is 0.634. The highest BCUT2D eigenvalue weighted by atomic mass is 19.3. The number of carbonyl (C=O) groups is 1. The highest BCUT2D eigenvalue weighted by molar-refractivity contribution is 5.70. The van der Waals surface area contributed by atoms with Crippen LogP contribution in [0, 0.1) is 23.2 Å². The molecule has 0 aromatic heterocycles. The van der Waals surface area contributed by atoms with Crippen molar-refractivity contribution in [2.45, 2.75) is 46.0 Å². The van der Waals surface area contributed by atoms with E-state index in [0.717, 1.165) is 6.42 Å². The first-order valence-electron chi connectivity index (χ1n) is 6.32. The maximum atomic E-state index is 13.9. The Morgan fingerprint density at radius 1 is 1.41 bits per heavy atom. The van der Waals surface area contributed by atoms with Gasteiger partial charge in [0, 0.05) is 12.3 Å². The van der Waals surface area contributed by atoms with Gasteiger partial charge in [0.25, 0.3) is 5.92 Å². The van der Waals surface area contributed by atoms with Crippen LogP contribution in [0.2, 0.25) is 0 Å². The number of hydrogen-bond acceptors (Lipinski definition) is 2. The van der Waals surface area contributed by atoms with Gasteiger partial charge < -0.3 is 4.74 Å². The fourth-order valence-corrected chi connectivity index (χ4v) is 3.55. The fourth-order valence-electron chi connectivity index (χ4n) is 3.55. The van der Waals surface area contributed by atoms with Crippen LogP contribution >= 0.6 is 0 Å². The van der Waals surface area contributed by atoms with Crippen LogP contribution < -0.4 is 0 Å². The molecule has 3 aliphatic rings. The van der Waals surface area contributed by atoms with E-state index in [9.17, 15) is 13.6 Å². The number of halogens is 2. The van der Waals surface area contributed by atoms with Gasteiger partial charge in [-0.05, 0) is 30.6 Å². The van der Waals surface area contributed by atoms with Crippen LogP contribution in [0.15, 0.2) is 0 Å². The molecule has 0 unspecified atom stereocenters. The molecule has 0 aromatic carbocycles. The van der Waals surface area contributed by atoms with Gasteiger partial charge in [0.1, 0.15) is 0 Å². The third kappa shape index (κ3) is 1.95. The Labute approximate surface area is 101 Å². The Balaban J connectivity index is 2.09. The van der Waals surface area contributed by atoms with Crippen molar-refractivity contribution in [1.82, 2.24) is 0 Å². The molecule has 0 aromatic rings. The predicted molar refractivity (Wildman–Crippen MR) is 59.7 cm³/mol. The Kier molecular flexibility index (Phi) is 2.95. The average Bonchev–Trinajstić information content (AvgIpc) is 2.20. The summed E-state index contributed by atoms with van der Waals surface area (Å²) in [7, 11) is 0. The summed E-state index contributed by atoms with van der Waals surface area (Å²) in [4.78, 5) is 11.4. The smallest absolute Gasteiger partial charge is 0.306 e. The monoisotopic (exact) mass is 246 g/mol. The summed E-state index contributed by atoms with van der Waals surface area (Å²) in [5.74, 6) is -3.95. The highest BCUT2D eigenvalue weighted by Gasteiger charge is 2.64. The SMILES string of the molecule is CCOC(=O)C[C@H]1[C@@H]2C[C@H](CC1(F)F)C2(C)C. The first kappa shape index (κ1) is 12.8. The topological polar surface area (TPSA) is 26.3 Å². The van der Waals surface area contributed by atoms with Crippen LogP contribution in [-0.4, -0.2) is 18.5 Å². The van der Waals surface area contributed by atoms with Crippen molar-refractivity contribution >= 4 is 5.97 Å². The second-order valence-electron chi connectivity index (χ2n) is 5.94. The largest absolute Gasteiger partial charge is 0.466 e. The summed E-state index contributed by atoms with van der Waals surface area (Å²) in [5, 5.41) is 0. The van der Waals surface area contributed by atoms with Gasteiger partial charge in [-0.3, -0.25) is 4.79 Å². The molecule has 0 spiro atoms. The fraction of sp³-hybridized carbons (Fsp3) is 0.923. The van der Waals surface area contributed by atoms with Crippen molar-refractivity contribution in [3.05, 3.63) is 0 Å². The second-order valence-corrected chi connectivity index (χ2v) is 5.94. The number of alkyl halides is 2. The average molecular weight is 246 g/mol. The molecule has 3 fully saturated rings. The molecule has 2 nitrogen and oxygen atoms in total. The molecule has 98 valence electrons. The highest BCUT2D eigenvalue weighted by Crippen LogP contribution is 2.66. The summed E-state index contributed by atoms with van der Waals surface area (Å²) >= 11 is 0. The van der Waals surface area contributed by atoms with E-state index in [1.54, 1.807) is 6.92 Å². The van der Waals surface area contributed by atoms with Crippen LogP contribution in [-0.2, 0) is 9.53 Å². The predicted octanol–water partition coefficient (Wildman–Crippen LogP) is 3.26. The van der Waals surface area contributed by atoms with Crippen molar-refractivity contribution < 1.29 is 18.3 Å². The lowest BCUT2D eigenvalue weighted by atomic mass is 9.44. The Morgan fingerprint density at radius 3 is 2.59 bits per heavy atom. The Hall–Kier alpha value is -0.670. The van der Waals surface area contributed by atoms with Crippen molar-refractivity contribution in [3.63, 3.8) is 0 Å². The zero-order chi connectivity index (χ0) is 12.8. The van der Waals surface area contributed by atoms with Gasteiger partial charge in [-0.1, -0.05) is 13.8 Å². The third-order valence-electron chi connectivity index (χ3n) is 4.78. The Morgan fingerprint density at radius 2 is 2.06 bits per heavy atom. The van der Waals surface area contributed by atoms with E-state index >= 15 is 0 Å². The third-order valence-corrected chi connectivity index (χ3v) is 4.78. The minimum atomic E-state index is -2.70. The molecule has 0 radical (unpaired) electrons. The molecule has 3 saturated carbocycles. The van der Waals surface area contributed by atoms with Crippen molar-refractivity contribution in [2.24, 2.45) is 23.2 Å². The maximum absolute atomic E-state index is 13.9. The van der Waals surface area contributed by atoms with E-state index in [2.05, 4.69) is 0 Å². The normalized spacial score (nSPS) is 37.1. The van der Waals surface area contributed by atoms with Gasteiger partial charge in [0.2, 0.25) is 0 Å². The van der Waals surface area contributed by atoms with Crippen molar-refractivity contribution in [2.75, 3.05) is 6.61 Å². The lowest BCUT2D eigenvalue weighted by molar-refractivity contribution is -0.235. The minimum absolute atomic E-state index is 0.0411. The zero-order valence-electron chi connectivity index (χ0n) is 10.6. The van der Waals surface area contributed by atoms with Gasteiger partial charge in [-0.15, -0.1) is 0 Å². The van der Waals surface area contributed by atoms with Crippen LogP contribution in [0.5, 0.6) is 0 Å². The van der Waals surface area contributed by atoms with E-state index in [1.807, 2.05) is 13.8 Å². The quantitative estimate of drug-likeness (QED) is 0.714. The molecule has 3 atom stereocenters. The van der Waals surface area contributed by atoms with Crippen LogP contribution in [0.25, 0.3) is 0 Å². The van der Waals surface area contributed by atoms with E-state index in [-0.39, 0.29) is 36.7 Å². The van der Waals surface area contributed by atoms with Gasteiger partial charge in [-0.25, -0.2) is 8.78 Å². The number of carbonyl (C=O) groups excluding carboxylic acids is 1. The molecule has 3 aliphatic carbocycles. The number of rotatable bonds is 3. The van der Waals surface area contributed by atoms with E-state index in [0.29, 0.717) is 0 Å². The van der Waals surface area contributed by atoms with Crippen LogP contribution in [0.3, 0.4) is 0 Å². The zero-order valence-corrected chi connectivity index (χ0v) is 10.6. The molecule has 0 amide bonds. The van der Waals surface area contributed by atoms with E-state index < -0.39 is 17.8 Å². The van der Waals surface area contributed by atoms with E-state index in [1.165, 1.54) is 0 Å². The summed E-state index contributed by atoms with van der Waals surface area (Å²) < 4.78 is 32.6. The van der Waals surface area contributed by atoms with Gasteiger partial charge in [0.05, 0.1) is 13.0 Å². The molecule has 3 rings (SSSR count). The number of fused-ring (bicyclic) bond motifs is 2. The summed E-state index contributed by atoms with van der Waals surface area (Å²) in [6, 6.07) is 0. The van der Waals surface area contributed by atoms with E-state index in [4.69, 9.17) is 4.74 Å². The number of esters is 1. The minimum Gasteiger partial charge on any atom is -0.466 e. The Bertz CT molecular complexity index is 325. The molecule has 0 saturated heterocycles. The van der Waals surface area contributed by atoms with Gasteiger partial charge >= 0.3 is 5.97 Å². The first-order chi connectivity index (χ1) is 7.79. The van der Waals surface area contributed by atoms with Gasteiger partial charge in [-0.2, -0.15) is 0 Å². The summed E-state index contributed by atoms with van der Waals surface area (Å²) in [6.45, 7) is 6.03. The van der Waals surface area contributed by atoms with Crippen LogP contribution in [0.1, 0.15) is 40.0 Å². The standard InChI is InChI=1S/C13H20F2O2/c1-4-17-11(16)6-10-9-5-8(12(9,2)3)7-13(10,14)15/h8-10H,4-7H2,1-3H3/t8-,9+,10+/m1/s1. The summed E-state index contributed by atoms with van der Waals surface area (Å²) in [5.41, 5.74) is -0.0428. The first-order valence-corrected chi connectivity index (χ1v) is 6.32. The van der Waals surface area contributed by atoms with Gasteiger partial charge in [0.15, 0.2) is 0 Å². The molecule has 4 heteroatoms. The molecule has 0 aliphatic heterocycles. The molecule has 0 N–H and O–H groups in total. The van der Waals surface area contributed by atoms with Crippen LogP contribution in [0.4, 0.5) is 8.78 Å². The lowest BCUT2D eigenvalue weighted by Gasteiger charge is -2.62. The van der Waals surface area contributed by atoms with Crippen molar-refractivity contribution in [1.29, 1.82) is 0 Å². The second kappa shape index (κ2) is 3.92. The molecular formula is C13H20F2O2. The van der Waals surface area contributed by atoms with Crippen molar-refractivity contribution in [3.8, 4) is 0 Å². The maximum Gasteiger partial charge on any atom is 0.306 e. The molecular weight excluding hydrogens is 226 g/mol. The molecule has 17 heavy (non-hydrogen) atoms.